The molecule has 0 saturated carbocycles. The molecule has 0 bridgehead atoms. The van der Waals surface area contributed by atoms with Gasteiger partial charge < -0.3 is 9.55 Å². The van der Waals surface area contributed by atoms with Crippen LogP contribution in [0.25, 0.3) is 49.8 Å². The summed E-state index contributed by atoms with van der Waals surface area (Å²) in [5.41, 5.74) is 4.78. The number of hydrogen-bond donors (Lipinski definition) is 1. The molecule has 30 heavy (non-hydrogen) atoms. The van der Waals surface area contributed by atoms with Crippen molar-refractivity contribution >= 4 is 81.7 Å². The lowest BCUT2D eigenvalue weighted by atomic mass is 10.2. The number of para-hydroxylation sites is 2. The van der Waals surface area contributed by atoms with Gasteiger partial charge in [-0.05, 0) is 48.5 Å². The van der Waals surface area contributed by atoms with Gasteiger partial charge in [0.2, 0.25) is 0 Å². The number of H-pyrrole nitrogens is 1. The second kappa shape index (κ2) is 7.78. The third-order valence-corrected chi connectivity index (χ3v) is 6.31. The van der Waals surface area contributed by atoms with Crippen LogP contribution in [0.2, 0.25) is 0 Å². The lowest BCUT2D eigenvalue weighted by molar-refractivity contribution is 1.30. The van der Waals surface area contributed by atoms with Gasteiger partial charge in [0.05, 0.1) is 11.0 Å². The van der Waals surface area contributed by atoms with E-state index in [9.17, 15) is 0 Å². The van der Waals surface area contributed by atoms with Crippen molar-refractivity contribution in [1.29, 1.82) is 0 Å². The molecule has 0 aliphatic rings. The highest BCUT2D eigenvalue weighted by Crippen LogP contribution is 2.31. The van der Waals surface area contributed by atoms with Gasteiger partial charge in [0.1, 0.15) is 0 Å². The van der Waals surface area contributed by atoms with Gasteiger partial charge in [0.15, 0.2) is 0 Å². The number of hydrogen-bond acceptors (Lipinski definition) is 0. The molecule has 0 fully saturated rings. The summed E-state index contributed by atoms with van der Waals surface area (Å²) in [6.07, 6.45) is 1.86. The highest BCUT2D eigenvalue weighted by atomic mass is 79.9. The Morgan fingerprint density at radius 3 is 2.03 bits per heavy atom. The Morgan fingerprint density at radius 1 is 0.633 bits per heavy atom. The zero-order valence-corrected chi connectivity index (χ0v) is 19.2. The number of fused-ring (bicyclic) bond motifs is 6. The average molecular weight is 518 g/mol. The maximum atomic E-state index is 3.88. The smallest absolute Gasteiger partial charge is 0.0535 e. The van der Waals surface area contributed by atoms with Crippen LogP contribution in [0.1, 0.15) is 0 Å². The van der Waals surface area contributed by atoms with Crippen LogP contribution in [0.3, 0.4) is 0 Å². The zero-order chi connectivity index (χ0) is 20.7. The molecule has 4 aromatic carbocycles. The fraction of sp³-hybridized carbons (Fsp3) is 0. The third-order valence-electron chi connectivity index (χ3n) is 5.32. The van der Waals surface area contributed by atoms with Gasteiger partial charge in [-0.1, -0.05) is 74.8 Å². The van der Waals surface area contributed by atoms with Crippen molar-refractivity contribution in [2.24, 2.45) is 0 Å². The molecule has 2 nitrogen and oxygen atoms in total. The standard InChI is InChI=1S/C14H10BrN.C12H8BrN/c1-2-16-13-6-4-3-5-11(13)12-9-10(15)7-8-14(12)16;13-8-5-6-12-10(7-8)9-3-1-2-4-11(9)14-12/h2-9H,1H2;1-7,14H. The Bertz CT molecular complexity index is 1540. The number of aromatic nitrogens is 2. The van der Waals surface area contributed by atoms with Gasteiger partial charge >= 0.3 is 0 Å². The van der Waals surface area contributed by atoms with Crippen LogP contribution < -0.4 is 0 Å². The molecule has 6 aromatic rings. The molecule has 2 heterocycles. The summed E-state index contributed by atoms with van der Waals surface area (Å²) >= 11 is 7.00. The Kier molecular flexibility index (Phi) is 4.97. The molecule has 0 amide bonds. The average Bonchev–Trinajstić information content (AvgIpc) is 3.29. The summed E-state index contributed by atoms with van der Waals surface area (Å²) in [6.45, 7) is 3.88. The summed E-state index contributed by atoms with van der Waals surface area (Å²) in [7, 11) is 0. The van der Waals surface area contributed by atoms with E-state index >= 15 is 0 Å². The van der Waals surface area contributed by atoms with Gasteiger partial charge in [-0.2, -0.15) is 0 Å². The van der Waals surface area contributed by atoms with Crippen molar-refractivity contribution in [3.63, 3.8) is 0 Å². The van der Waals surface area contributed by atoms with Crippen LogP contribution in [0.15, 0.2) is 100 Å². The van der Waals surface area contributed by atoms with Crippen molar-refractivity contribution in [3.8, 4) is 0 Å². The molecule has 0 spiro atoms. The molecular weight excluding hydrogens is 500 g/mol. The Balaban J connectivity index is 0.000000130. The van der Waals surface area contributed by atoms with E-state index in [1.807, 2.05) is 12.3 Å². The van der Waals surface area contributed by atoms with E-state index in [1.54, 1.807) is 0 Å². The van der Waals surface area contributed by atoms with E-state index in [-0.39, 0.29) is 0 Å². The number of halogens is 2. The second-order valence-corrected chi connectivity index (χ2v) is 8.92. The molecule has 2 aromatic heterocycles. The lowest BCUT2D eigenvalue weighted by Crippen LogP contribution is -1.83. The number of benzene rings is 4. The molecule has 0 aliphatic carbocycles. The highest BCUT2D eigenvalue weighted by Gasteiger charge is 2.08. The van der Waals surface area contributed by atoms with Crippen LogP contribution in [0.5, 0.6) is 0 Å². The van der Waals surface area contributed by atoms with Crippen LogP contribution in [-0.4, -0.2) is 9.55 Å². The Labute approximate surface area is 191 Å². The number of aromatic amines is 1. The summed E-state index contributed by atoms with van der Waals surface area (Å²) < 4.78 is 4.35. The van der Waals surface area contributed by atoms with Crippen molar-refractivity contribution in [2.75, 3.05) is 0 Å². The normalized spacial score (nSPS) is 11.1. The molecule has 146 valence electrons. The summed E-state index contributed by atoms with van der Waals surface area (Å²) in [4.78, 5) is 3.38. The molecule has 1 N–H and O–H groups in total. The highest BCUT2D eigenvalue weighted by molar-refractivity contribution is 9.10. The summed E-state index contributed by atoms with van der Waals surface area (Å²) in [6, 6.07) is 29.3. The van der Waals surface area contributed by atoms with Crippen molar-refractivity contribution in [1.82, 2.24) is 9.55 Å². The van der Waals surface area contributed by atoms with E-state index in [0.29, 0.717) is 0 Å². The first-order valence-corrected chi connectivity index (χ1v) is 11.2. The fourth-order valence-electron chi connectivity index (χ4n) is 3.99. The quantitative estimate of drug-likeness (QED) is 0.225. The Morgan fingerprint density at radius 2 is 1.23 bits per heavy atom. The van der Waals surface area contributed by atoms with E-state index in [1.165, 1.54) is 43.6 Å². The summed E-state index contributed by atoms with van der Waals surface area (Å²) in [5.74, 6) is 0. The van der Waals surface area contributed by atoms with E-state index in [2.05, 4.69) is 127 Å². The summed E-state index contributed by atoms with van der Waals surface area (Å²) in [5, 5.41) is 5.07. The molecule has 4 heteroatoms. The number of rotatable bonds is 1. The minimum atomic E-state index is 1.10. The predicted octanol–water partition coefficient (Wildman–Crippen LogP) is 8.74. The van der Waals surface area contributed by atoms with Gasteiger partial charge in [0.25, 0.3) is 0 Å². The zero-order valence-electron chi connectivity index (χ0n) is 16.1. The van der Waals surface area contributed by atoms with Crippen LogP contribution in [-0.2, 0) is 0 Å². The van der Waals surface area contributed by atoms with Gasteiger partial charge in [-0.3, -0.25) is 0 Å². The van der Waals surface area contributed by atoms with E-state index in [0.717, 1.165) is 8.95 Å². The molecular formula is C26H18Br2N2. The van der Waals surface area contributed by atoms with Crippen LogP contribution in [0, 0.1) is 0 Å². The lowest BCUT2D eigenvalue weighted by Gasteiger charge is -1.98. The topological polar surface area (TPSA) is 20.7 Å². The van der Waals surface area contributed by atoms with E-state index in [4.69, 9.17) is 0 Å². The first kappa shape index (κ1) is 19.2. The monoisotopic (exact) mass is 516 g/mol. The third kappa shape index (κ3) is 3.26. The molecule has 0 radical (unpaired) electrons. The number of nitrogens with zero attached hydrogens (tertiary/aromatic N) is 1. The largest absolute Gasteiger partial charge is 0.355 e. The van der Waals surface area contributed by atoms with Crippen molar-refractivity contribution < 1.29 is 0 Å². The SMILES string of the molecule is Brc1ccc2[nH]c3ccccc3c2c1.C=Cn1c2ccccc2c2cc(Br)ccc21. The minimum absolute atomic E-state index is 1.10. The maximum Gasteiger partial charge on any atom is 0.0535 e. The molecule has 0 unspecified atom stereocenters. The van der Waals surface area contributed by atoms with Crippen molar-refractivity contribution in [3.05, 3.63) is 100 Å². The fourth-order valence-corrected chi connectivity index (χ4v) is 4.71. The van der Waals surface area contributed by atoms with Crippen LogP contribution >= 0.6 is 31.9 Å². The van der Waals surface area contributed by atoms with Crippen LogP contribution in [0.4, 0.5) is 0 Å². The Hall–Kier alpha value is -2.82. The van der Waals surface area contributed by atoms with Gasteiger partial charge in [0, 0.05) is 47.7 Å². The van der Waals surface area contributed by atoms with E-state index < -0.39 is 0 Å². The van der Waals surface area contributed by atoms with Gasteiger partial charge in [-0.25, -0.2) is 0 Å². The first-order valence-electron chi connectivity index (χ1n) is 9.62. The molecule has 0 atom stereocenters. The molecule has 0 saturated heterocycles. The maximum absolute atomic E-state index is 3.88. The second-order valence-electron chi connectivity index (χ2n) is 7.09. The predicted molar refractivity (Wildman–Crippen MR) is 137 cm³/mol. The van der Waals surface area contributed by atoms with Gasteiger partial charge in [-0.15, -0.1) is 0 Å². The minimum Gasteiger partial charge on any atom is -0.355 e. The number of nitrogens with one attached hydrogen (secondary N) is 1. The molecule has 0 aliphatic heterocycles. The molecule has 6 rings (SSSR count). The first-order chi connectivity index (χ1) is 14.7. The van der Waals surface area contributed by atoms with Crippen molar-refractivity contribution in [2.45, 2.75) is 0 Å².